The molecule has 0 aliphatic carbocycles. The van der Waals surface area contributed by atoms with Gasteiger partial charge in [-0.3, -0.25) is 10.1 Å². The molecule has 0 saturated heterocycles. The topological polar surface area (TPSA) is 51.2 Å². The lowest BCUT2D eigenvalue weighted by molar-refractivity contribution is -0.111. The number of ether oxygens (including phenoxy) is 1. The summed E-state index contributed by atoms with van der Waals surface area (Å²) in [6.07, 6.45) is 5.38. The van der Waals surface area contributed by atoms with Crippen LogP contribution in [0.4, 0.5) is 5.13 Å². The quantitative estimate of drug-likeness (QED) is 0.355. The predicted octanol–water partition coefficient (Wildman–Crippen LogP) is 6.26. The maximum atomic E-state index is 12.4. The molecular weight excluding hydrogens is 380 g/mol. The number of carbonyl (C=O) groups is 1. The Bertz CT molecular complexity index is 1010. The Kier molecular flexibility index (Phi) is 7.19. The molecule has 150 valence electrons. The molecule has 0 radical (unpaired) electrons. The van der Waals surface area contributed by atoms with E-state index in [4.69, 9.17) is 4.74 Å². The lowest BCUT2D eigenvalue weighted by atomic mass is 10.0. The van der Waals surface area contributed by atoms with Crippen LogP contribution < -0.4 is 10.1 Å². The van der Waals surface area contributed by atoms with Crippen molar-refractivity contribution in [2.24, 2.45) is 0 Å². The fraction of sp³-hybridized carbons (Fsp3) is 0.250. The first-order chi connectivity index (χ1) is 14.1. The Balaban J connectivity index is 1.66. The van der Waals surface area contributed by atoms with Gasteiger partial charge < -0.3 is 4.74 Å². The second-order valence-electron chi connectivity index (χ2n) is 6.92. The van der Waals surface area contributed by atoms with Crippen molar-refractivity contribution in [1.82, 2.24) is 4.98 Å². The fourth-order valence-corrected chi connectivity index (χ4v) is 3.57. The number of aromatic nitrogens is 1. The van der Waals surface area contributed by atoms with E-state index in [1.54, 1.807) is 6.08 Å². The molecule has 1 N–H and O–H groups in total. The van der Waals surface area contributed by atoms with Gasteiger partial charge in [0.25, 0.3) is 0 Å². The van der Waals surface area contributed by atoms with Gasteiger partial charge in [-0.05, 0) is 44.0 Å². The number of nitrogens with one attached hydrogen (secondary N) is 1. The van der Waals surface area contributed by atoms with Gasteiger partial charge in [0.15, 0.2) is 5.13 Å². The highest BCUT2D eigenvalue weighted by molar-refractivity contribution is 7.14. The van der Waals surface area contributed by atoms with Gasteiger partial charge >= 0.3 is 0 Å². The molecule has 5 heteroatoms. The summed E-state index contributed by atoms with van der Waals surface area (Å²) in [6, 6.07) is 14.0. The number of para-hydroxylation sites is 1. The Morgan fingerprint density at radius 1 is 1.21 bits per heavy atom. The normalized spacial score (nSPS) is 11.0. The summed E-state index contributed by atoms with van der Waals surface area (Å²) in [7, 11) is 0. The van der Waals surface area contributed by atoms with Crippen molar-refractivity contribution < 1.29 is 9.53 Å². The molecule has 1 aromatic heterocycles. The van der Waals surface area contributed by atoms with Crippen LogP contribution in [0, 0.1) is 13.8 Å². The lowest BCUT2D eigenvalue weighted by Crippen LogP contribution is -2.07. The monoisotopic (exact) mass is 406 g/mol. The minimum atomic E-state index is -0.213. The molecule has 29 heavy (non-hydrogen) atoms. The van der Waals surface area contributed by atoms with Gasteiger partial charge in [0.2, 0.25) is 5.91 Å². The van der Waals surface area contributed by atoms with Crippen molar-refractivity contribution in [1.29, 1.82) is 0 Å². The number of thiazole rings is 1. The van der Waals surface area contributed by atoms with Gasteiger partial charge in [-0.25, -0.2) is 4.98 Å². The van der Waals surface area contributed by atoms with E-state index < -0.39 is 0 Å². The first kappa shape index (κ1) is 20.8. The summed E-state index contributed by atoms with van der Waals surface area (Å²) in [5.41, 5.74) is 5.21. The molecule has 0 atom stereocenters. The zero-order chi connectivity index (χ0) is 20.6. The molecule has 2 aromatic carbocycles. The first-order valence-electron chi connectivity index (χ1n) is 9.81. The zero-order valence-electron chi connectivity index (χ0n) is 17.1. The minimum Gasteiger partial charge on any atom is -0.493 e. The summed E-state index contributed by atoms with van der Waals surface area (Å²) in [4.78, 5) is 16.9. The molecule has 0 saturated carbocycles. The number of anilines is 1. The third-order valence-electron chi connectivity index (χ3n) is 4.49. The largest absolute Gasteiger partial charge is 0.493 e. The number of benzene rings is 2. The van der Waals surface area contributed by atoms with Gasteiger partial charge in [0, 0.05) is 22.6 Å². The summed E-state index contributed by atoms with van der Waals surface area (Å²) in [5, 5.41) is 5.41. The van der Waals surface area contributed by atoms with Gasteiger partial charge in [-0.2, -0.15) is 0 Å². The van der Waals surface area contributed by atoms with E-state index >= 15 is 0 Å². The zero-order valence-corrected chi connectivity index (χ0v) is 17.9. The van der Waals surface area contributed by atoms with Crippen LogP contribution in [0.25, 0.3) is 17.3 Å². The third-order valence-corrected chi connectivity index (χ3v) is 5.25. The Morgan fingerprint density at radius 2 is 2.03 bits per heavy atom. The summed E-state index contributed by atoms with van der Waals surface area (Å²) in [6.45, 7) is 6.93. The van der Waals surface area contributed by atoms with Crippen LogP contribution in [0.2, 0.25) is 0 Å². The van der Waals surface area contributed by atoms with Crippen LogP contribution in [0.1, 0.15) is 36.5 Å². The Morgan fingerprint density at radius 3 is 2.86 bits per heavy atom. The van der Waals surface area contributed by atoms with E-state index in [0.29, 0.717) is 11.7 Å². The maximum absolute atomic E-state index is 12.4. The van der Waals surface area contributed by atoms with Gasteiger partial charge in [0.05, 0.1) is 12.3 Å². The molecular formula is C24H26N2O2S. The van der Waals surface area contributed by atoms with Gasteiger partial charge in [-0.1, -0.05) is 49.2 Å². The number of hydrogen-bond donors (Lipinski definition) is 1. The summed E-state index contributed by atoms with van der Waals surface area (Å²) < 4.78 is 5.81. The van der Waals surface area contributed by atoms with Crippen LogP contribution in [-0.4, -0.2) is 17.5 Å². The second-order valence-corrected chi connectivity index (χ2v) is 7.78. The highest BCUT2D eigenvalue weighted by Crippen LogP contribution is 2.28. The predicted molar refractivity (Wildman–Crippen MR) is 122 cm³/mol. The lowest BCUT2D eigenvalue weighted by Gasteiger charge is -2.08. The highest BCUT2D eigenvalue weighted by Gasteiger charge is 2.09. The Hall–Kier alpha value is -2.92. The van der Waals surface area contributed by atoms with Crippen LogP contribution in [0.5, 0.6) is 5.75 Å². The highest BCUT2D eigenvalue weighted by atomic mass is 32.1. The number of amides is 1. The van der Waals surface area contributed by atoms with E-state index in [-0.39, 0.29) is 5.91 Å². The molecule has 3 rings (SSSR count). The number of rotatable bonds is 8. The van der Waals surface area contributed by atoms with Gasteiger partial charge in [-0.15, -0.1) is 11.3 Å². The smallest absolute Gasteiger partial charge is 0.250 e. The van der Waals surface area contributed by atoms with Crippen LogP contribution in [-0.2, 0) is 4.79 Å². The van der Waals surface area contributed by atoms with Crippen molar-refractivity contribution in [2.75, 3.05) is 11.9 Å². The molecule has 0 bridgehead atoms. The molecule has 0 aliphatic heterocycles. The molecule has 0 spiro atoms. The van der Waals surface area contributed by atoms with Crippen molar-refractivity contribution in [3.63, 3.8) is 0 Å². The summed E-state index contributed by atoms with van der Waals surface area (Å²) in [5.74, 6) is 0.576. The van der Waals surface area contributed by atoms with Crippen LogP contribution in [0.3, 0.4) is 0 Å². The minimum absolute atomic E-state index is 0.213. The van der Waals surface area contributed by atoms with Crippen LogP contribution >= 0.6 is 11.3 Å². The fourth-order valence-electron chi connectivity index (χ4n) is 2.86. The van der Waals surface area contributed by atoms with E-state index in [1.807, 2.05) is 29.6 Å². The number of hydrogen-bond acceptors (Lipinski definition) is 4. The second kappa shape index (κ2) is 10.0. The van der Waals surface area contributed by atoms with E-state index in [1.165, 1.54) is 28.5 Å². The van der Waals surface area contributed by atoms with Crippen molar-refractivity contribution in [2.45, 2.75) is 33.6 Å². The Labute approximate surface area is 176 Å². The first-order valence-corrected chi connectivity index (χ1v) is 10.7. The van der Waals surface area contributed by atoms with E-state index in [0.717, 1.165) is 35.4 Å². The van der Waals surface area contributed by atoms with E-state index in [2.05, 4.69) is 49.3 Å². The standard InChI is InChI=1S/C24H26N2O2S/c1-4-5-14-28-22-9-7-6-8-19(22)12-13-23(27)26-24-25-21(16-29-24)20-15-17(2)10-11-18(20)3/h6-13,15-16H,4-5,14H2,1-3H3,(H,25,26,27). The van der Waals surface area contributed by atoms with Crippen molar-refractivity contribution in [3.05, 3.63) is 70.6 Å². The number of aryl methyl sites for hydroxylation is 2. The van der Waals surface area contributed by atoms with Gasteiger partial charge in [0.1, 0.15) is 5.75 Å². The molecule has 0 aliphatic rings. The molecule has 1 amide bonds. The third kappa shape index (κ3) is 5.78. The van der Waals surface area contributed by atoms with E-state index in [9.17, 15) is 4.79 Å². The maximum Gasteiger partial charge on any atom is 0.250 e. The molecule has 4 nitrogen and oxygen atoms in total. The average Bonchev–Trinajstić information content (AvgIpc) is 3.17. The number of carbonyl (C=O) groups excluding carboxylic acids is 1. The molecule has 3 aromatic rings. The van der Waals surface area contributed by atoms with Crippen LogP contribution in [0.15, 0.2) is 53.9 Å². The summed E-state index contributed by atoms with van der Waals surface area (Å²) >= 11 is 1.42. The molecule has 1 heterocycles. The molecule has 0 fully saturated rings. The number of unbranched alkanes of at least 4 members (excludes halogenated alkanes) is 1. The van der Waals surface area contributed by atoms with Crippen molar-refractivity contribution in [3.8, 4) is 17.0 Å². The average molecular weight is 407 g/mol. The van der Waals surface area contributed by atoms with Crippen molar-refractivity contribution >= 4 is 28.5 Å². The SMILES string of the molecule is CCCCOc1ccccc1C=CC(=O)Nc1nc(-c2cc(C)ccc2C)cs1. The molecule has 0 unspecified atom stereocenters. The number of nitrogens with zero attached hydrogens (tertiary/aromatic N) is 1.